The fourth-order valence-electron chi connectivity index (χ4n) is 1.56. The second kappa shape index (κ2) is 5.94. The predicted molar refractivity (Wildman–Crippen MR) is 70.4 cm³/mol. The summed E-state index contributed by atoms with van der Waals surface area (Å²) < 4.78 is 1.58. The van der Waals surface area contributed by atoms with Crippen LogP contribution < -0.4 is 10.6 Å². The van der Waals surface area contributed by atoms with E-state index in [0.717, 1.165) is 17.2 Å². The van der Waals surface area contributed by atoms with E-state index in [1.807, 2.05) is 13.0 Å². The summed E-state index contributed by atoms with van der Waals surface area (Å²) in [4.78, 5) is 19.5. The molecule has 0 saturated carbocycles. The van der Waals surface area contributed by atoms with E-state index in [2.05, 4.69) is 25.7 Å². The van der Waals surface area contributed by atoms with Gasteiger partial charge in [-0.2, -0.15) is 5.10 Å². The molecule has 2 aromatic rings. The van der Waals surface area contributed by atoms with Crippen LogP contribution in [0.15, 0.2) is 24.7 Å². The van der Waals surface area contributed by atoms with Crippen LogP contribution in [0.2, 0.25) is 0 Å². The number of aromatic nitrogens is 4. The Morgan fingerprint density at radius 1 is 1.47 bits per heavy atom. The van der Waals surface area contributed by atoms with Crippen LogP contribution in [0.25, 0.3) is 0 Å². The fraction of sp³-hybridized carbons (Fsp3) is 0.333. The minimum atomic E-state index is -0.0823. The van der Waals surface area contributed by atoms with Crippen LogP contribution in [0.1, 0.15) is 11.5 Å². The van der Waals surface area contributed by atoms with Gasteiger partial charge in [-0.15, -0.1) is 0 Å². The Hall–Kier alpha value is -2.44. The van der Waals surface area contributed by atoms with Gasteiger partial charge in [-0.05, 0) is 13.0 Å². The van der Waals surface area contributed by atoms with E-state index >= 15 is 0 Å². The van der Waals surface area contributed by atoms with E-state index in [4.69, 9.17) is 0 Å². The molecule has 0 fully saturated rings. The van der Waals surface area contributed by atoms with E-state index in [0.29, 0.717) is 6.54 Å². The smallest absolute Gasteiger partial charge is 0.241 e. The molecule has 0 aliphatic carbocycles. The highest BCUT2D eigenvalue weighted by molar-refractivity contribution is 5.75. The first-order valence-electron chi connectivity index (χ1n) is 5.93. The first-order valence-corrected chi connectivity index (χ1v) is 5.93. The number of nitrogens with zero attached hydrogens (tertiary/aromatic N) is 4. The summed E-state index contributed by atoms with van der Waals surface area (Å²) in [5.74, 6) is 0.663. The van der Waals surface area contributed by atoms with Gasteiger partial charge in [0.15, 0.2) is 0 Å². The third-order valence-corrected chi connectivity index (χ3v) is 2.53. The van der Waals surface area contributed by atoms with E-state index in [-0.39, 0.29) is 12.5 Å². The molecule has 0 aliphatic heterocycles. The standard InChI is InChI=1S/C12H16N6O/c1-9-14-4-3-10(17-9)5-15-11-6-16-18(7-11)8-12(19)13-2/h3-4,6-7,15H,5,8H2,1-2H3,(H,13,19). The molecule has 0 spiro atoms. The molecule has 0 unspecified atom stereocenters. The number of likely N-dealkylation sites (N-methyl/N-ethyl adjacent to an activating group) is 1. The Morgan fingerprint density at radius 2 is 2.32 bits per heavy atom. The van der Waals surface area contributed by atoms with Crippen molar-refractivity contribution >= 4 is 11.6 Å². The molecule has 2 rings (SSSR count). The molecule has 1 amide bonds. The van der Waals surface area contributed by atoms with Gasteiger partial charge in [-0.25, -0.2) is 9.97 Å². The van der Waals surface area contributed by atoms with Gasteiger partial charge in [0.1, 0.15) is 12.4 Å². The number of nitrogens with one attached hydrogen (secondary N) is 2. The number of hydrogen-bond acceptors (Lipinski definition) is 5. The lowest BCUT2D eigenvalue weighted by molar-refractivity contribution is -0.121. The Bertz CT molecular complexity index is 565. The summed E-state index contributed by atoms with van der Waals surface area (Å²) >= 11 is 0. The van der Waals surface area contributed by atoms with E-state index in [1.54, 1.807) is 30.3 Å². The molecule has 0 atom stereocenters. The van der Waals surface area contributed by atoms with Crippen molar-refractivity contribution in [2.24, 2.45) is 0 Å². The molecule has 2 heterocycles. The van der Waals surface area contributed by atoms with Crippen molar-refractivity contribution in [1.29, 1.82) is 0 Å². The van der Waals surface area contributed by atoms with Crippen molar-refractivity contribution < 1.29 is 4.79 Å². The molecule has 2 N–H and O–H groups in total. The molecule has 0 bridgehead atoms. The minimum Gasteiger partial charge on any atom is -0.377 e. The summed E-state index contributed by atoms with van der Waals surface area (Å²) in [6.45, 7) is 2.66. The molecular formula is C12H16N6O. The lowest BCUT2D eigenvalue weighted by atomic mass is 10.4. The molecule has 7 heteroatoms. The number of hydrogen-bond donors (Lipinski definition) is 2. The Balaban J connectivity index is 1.91. The van der Waals surface area contributed by atoms with Crippen molar-refractivity contribution in [2.45, 2.75) is 20.0 Å². The fourth-order valence-corrected chi connectivity index (χ4v) is 1.56. The molecule has 0 saturated heterocycles. The normalized spacial score (nSPS) is 10.2. The molecule has 0 aromatic carbocycles. The average Bonchev–Trinajstić information content (AvgIpc) is 2.84. The molecule has 7 nitrogen and oxygen atoms in total. The average molecular weight is 260 g/mol. The number of carbonyl (C=O) groups is 1. The second-order valence-electron chi connectivity index (χ2n) is 4.05. The van der Waals surface area contributed by atoms with Gasteiger partial charge in [-0.1, -0.05) is 0 Å². The van der Waals surface area contributed by atoms with Gasteiger partial charge >= 0.3 is 0 Å². The van der Waals surface area contributed by atoms with Gasteiger partial charge < -0.3 is 10.6 Å². The van der Waals surface area contributed by atoms with Crippen LogP contribution in [-0.4, -0.2) is 32.7 Å². The topological polar surface area (TPSA) is 84.7 Å². The quantitative estimate of drug-likeness (QED) is 0.809. The Morgan fingerprint density at radius 3 is 3.05 bits per heavy atom. The van der Waals surface area contributed by atoms with Crippen LogP contribution >= 0.6 is 0 Å². The summed E-state index contributed by atoms with van der Waals surface area (Å²) in [6, 6.07) is 1.86. The van der Waals surface area contributed by atoms with Gasteiger partial charge in [0, 0.05) is 19.4 Å². The van der Waals surface area contributed by atoms with Crippen LogP contribution in [-0.2, 0) is 17.9 Å². The molecule has 0 radical (unpaired) electrons. The van der Waals surface area contributed by atoms with E-state index < -0.39 is 0 Å². The lowest BCUT2D eigenvalue weighted by Gasteiger charge is -2.03. The largest absolute Gasteiger partial charge is 0.377 e. The molecule has 19 heavy (non-hydrogen) atoms. The maximum Gasteiger partial charge on any atom is 0.241 e. The number of amides is 1. The van der Waals surface area contributed by atoms with Crippen molar-refractivity contribution in [1.82, 2.24) is 25.1 Å². The highest BCUT2D eigenvalue weighted by atomic mass is 16.1. The third-order valence-electron chi connectivity index (χ3n) is 2.53. The zero-order chi connectivity index (χ0) is 13.7. The maximum absolute atomic E-state index is 11.2. The van der Waals surface area contributed by atoms with Gasteiger partial charge in [0.2, 0.25) is 5.91 Å². The predicted octanol–water partition coefficient (Wildman–Crippen LogP) is 0.340. The zero-order valence-corrected chi connectivity index (χ0v) is 10.9. The zero-order valence-electron chi connectivity index (χ0n) is 10.9. The Kier molecular flexibility index (Phi) is 4.07. The number of aryl methyl sites for hydroxylation is 1. The van der Waals surface area contributed by atoms with Crippen molar-refractivity contribution in [3.05, 3.63) is 36.2 Å². The summed E-state index contributed by atoms with van der Waals surface area (Å²) in [5.41, 5.74) is 1.76. The number of anilines is 1. The van der Waals surface area contributed by atoms with Gasteiger partial charge in [0.05, 0.1) is 24.1 Å². The highest BCUT2D eigenvalue weighted by Crippen LogP contribution is 2.06. The molecule has 2 aromatic heterocycles. The first-order chi connectivity index (χ1) is 9.17. The number of carbonyl (C=O) groups excluding carboxylic acids is 1. The van der Waals surface area contributed by atoms with Gasteiger partial charge in [-0.3, -0.25) is 9.48 Å². The van der Waals surface area contributed by atoms with Crippen molar-refractivity contribution in [3.8, 4) is 0 Å². The third kappa shape index (κ3) is 3.77. The highest BCUT2D eigenvalue weighted by Gasteiger charge is 2.03. The van der Waals surface area contributed by atoms with Crippen molar-refractivity contribution in [2.75, 3.05) is 12.4 Å². The maximum atomic E-state index is 11.2. The van der Waals surface area contributed by atoms with Gasteiger partial charge in [0.25, 0.3) is 0 Å². The molecular weight excluding hydrogens is 244 g/mol. The summed E-state index contributed by atoms with van der Waals surface area (Å²) in [6.07, 6.45) is 5.19. The van der Waals surface area contributed by atoms with Crippen molar-refractivity contribution in [3.63, 3.8) is 0 Å². The van der Waals surface area contributed by atoms with E-state index in [1.165, 1.54) is 0 Å². The minimum absolute atomic E-state index is 0.0823. The monoisotopic (exact) mass is 260 g/mol. The van der Waals surface area contributed by atoms with Crippen LogP contribution in [0.5, 0.6) is 0 Å². The van der Waals surface area contributed by atoms with E-state index in [9.17, 15) is 4.79 Å². The molecule has 0 aliphatic rings. The van der Waals surface area contributed by atoms with Crippen LogP contribution in [0.4, 0.5) is 5.69 Å². The lowest BCUT2D eigenvalue weighted by Crippen LogP contribution is -2.23. The number of rotatable bonds is 5. The van der Waals surface area contributed by atoms with Crippen LogP contribution in [0.3, 0.4) is 0 Å². The summed E-state index contributed by atoms with van der Waals surface area (Å²) in [7, 11) is 1.60. The van der Waals surface area contributed by atoms with Crippen LogP contribution in [0, 0.1) is 6.92 Å². The molecule has 100 valence electrons. The SMILES string of the molecule is CNC(=O)Cn1cc(NCc2ccnc(C)n2)cn1. The summed E-state index contributed by atoms with van der Waals surface area (Å²) in [5, 5.41) is 9.84. The first kappa shape index (κ1) is 13.0. The second-order valence-corrected chi connectivity index (χ2v) is 4.05. The Labute approximate surface area is 111 Å².